The molecule has 1 nitrogen and oxygen atoms in total. The standard InChI is InChI=1S/C12H16FN/c13-12(8-6-11(14)7-9-12)10-4-2-1-3-5-10/h1-5,11H,6-9,14H2. The molecule has 1 saturated carbocycles. The lowest BCUT2D eigenvalue weighted by atomic mass is 9.79. The summed E-state index contributed by atoms with van der Waals surface area (Å²) in [4.78, 5) is 0. The first-order valence-corrected chi connectivity index (χ1v) is 5.21. The van der Waals surface area contributed by atoms with Crippen molar-refractivity contribution in [1.29, 1.82) is 0 Å². The van der Waals surface area contributed by atoms with Crippen LogP contribution < -0.4 is 5.73 Å². The van der Waals surface area contributed by atoms with Crippen molar-refractivity contribution in [2.24, 2.45) is 5.73 Å². The summed E-state index contributed by atoms with van der Waals surface area (Å²) in [5.41, 5.74) is 5.45. The van der Waals surface area contributed by atoms with Gasteiger partial charge in [-0.2, -0.15) is 0 Å². The van der Waals surface area contributed by atoms with E-state index < -0.39 is 5.67 Å². The Kier molecular flexibility index (Phi) is 2.55. The zero-order chi connectivity index (χ0) is 10.0. The Bertz CT molecular complexity index is 288. The Morgan fingerprint density at radius 2 is 1.71 bits per heavy atom. The van der Waals surface area contributed by atoms with Gasteiger partial charge in [0.1, 0.15) is 5.67 Å². The Hall–Kier alpha value is -0.890. The fourth-order valence-corrected chi connectivity index (χ4v) is 2.12. The van der Waals surface area contributed by atoms with Gasteiger partial charge >= 0.3 is 0 Å². The number of benzene rings is 1. The van der Waals surface area contributed by atoms with E-state index in [2.05, 4.69) is 0 Å². The van der Waals surface area contributed by atoms with Gasteiger partial charge in [0, 0.05) is 6.04 Å². The second kappa shape index (κ2) is 3.70. The van der Waals surface area contributed by atoms with Crippen molar-refractivity contribution < 1.29 is 4.39 Å². The van der Waals surface area contributed by atoms with Crippen molar-refractivity contribution in [3.8, 4) is 0 Å². The molecule has 1 fully saturated rings. The van der Waals surface area contributed by atoms with Gasteiger partial charge in [-0.15, -0.1) is 0 Å². The molecule has 0 heterocycles. The molecule has 1 aliphatic carbocycles. The molecular weight excluding hydrogens is 177 g/mol. The zero-order valence-corrected chi connectivity index (χ0v) is 8.25. The number of alkyl halides is 1. The fraction of sp³-hybridized carbons (Fsp3) is 0.500. The maximum absolute atomic E-state index is 14.4. The third-order valence-corrected chi connectivity index (χ3v) is 3.11. The van der Waals surface area contributed by atoms with Gasteiger partial charge in [0.15, 0.2) is 0 Å². The van der Waals surface area contributed by atoms with E-state index in [4.69, 9.17) is 5.73 Å². The highest BCUT2D eigenvalue weighted by Gasteiger charge is 2.35. The predicted octanol–water partition coefficient (Wildman–Crippen LogP) is 2.75. The van der Waals surface area contributed by atoms with Crippen molar-refractivity contribution >= 4 is 0 Å². The highest BCUT2D eigenvalue weighted by molar-refractivity contribution is 5.23. The lowest BCUT2D eigenvalue weighted by molar-refractivity contribution is 0.0979. The van der Waals surface area contributed by atoms with Gasteiger partial charge in [0.05, 0.1) is 0 Å². The van der Waals surface area contributed by atoms with E-state index in [-0.39, 0.29) is 6.04 Å². The van der Waals surface area contributed by atoms with Crippen molar-refractivity contribution in [2.45, 2.75) is 37.4 Å². The average molecular weight is 193 g/mol. The van der Waals surface area contributed by atoms with Gasteiger partial charge < -0.3 is 5.73 Å². The van der Waals surface area contributed by atoms with Crippen LogP contribution in [0.15, 0.2) is 30.3 Å². The molecule has 1 aliphatic rings. The molecule has 14 heavy (non-hydrogen) atoms. The van der Waals surface area contributed by atoms with Gasteiger partial charge in [-0.1, -0.05) is 30.3 Å². The number of halogens is 1. The second-order valence-corrected chi connectivity index (χ2v) is 4.17. The van der Waals surface area contributed by atoms with Crippen LogP contribution in [0.5, 0.6) is 0 Å². The maximum Gasteiger partial charge on any atom is 0.136 e. The van der Waals surface area contributed by atoms with Crippen LogP contribution in [0.25, 0.3) is 0 Å². The Morgan fingerprint density at radius 1 is 1.14 bits per heavy atom. The number of rotatable bonds is 1. The van der Waals surface area contributed by atoms with Gasteiger partial charge in [-0.05, 0) is 31.2 Å². The van der Waals surface area contributed by atoms with Crippen LogP contribution in [0.4, 0.5) is 4.39 Å². The van der Waals surface area contributed by atoms with Crippen LogP contribution in [-0.4, -0.2) is 6.04 Å². The third-order valence-electron chi connectivity index (χ3n) is 3.11. The molecular formula is C12H16FN. The van der Waals surface area contributed by atoms with Crippen molar-refractivity contribution in [3.63, 3.8) is 0 Å². The highest BCUT2D eigenvalue weighted by atomic mass is 19.1. The Balaban J connectivity index is 2.17. The molecule has 0 aliphatic heterocycles. The molecule has 2 rings (SSSR count). The number of nitrogens with two attached hydrogens (primary N) is 1. The summed E-state index contributed by atoms with van der Waals surface area (Å²) in [6, 6.07) is 9.65. The molecule has 0 bridgehead atoms. The summed E-state index contributed by atoms with van der Waals surface area (Å²) in [5.74, 6) is 0. The van der Waals surface area contributed by atoms with Crippen LogP contribution in [0.2, 0.25) is 0 Å². The monoisotopic (exact) mass is 193 g/mol. The fourth-order valence-electron chi connectivity index (χ4n) is 2.12. The molecule has 1 aromatic rings. The lowest BCUT2D eigenvalue weighted by Gasteiger charge is -2.32. The van der Waals surface area contributed by atoms with E-state index in [1.54, 1.807) is 0 Å². The van der Waals surface area contributed by atoms with Gasteiger partial charge in [0.2, 0.25) is 0 Å². The molecule has 0 radical (unpaired) electrons. The smallest absolute Gasteiger partial charge is 0.136 e. The minimum atomic E-state index is -1.13. The van der Waals surface area contributed by atoms with Crippen LogP contribution >= 0.6 is 0 Å². The molecule has 0 atom stereocenters. The molecule has 2 N–H and O–H groups in total. The maximum atomic E-state index is 14.4. The van der Waals surface area contributed by atoms with Crippen LogP contribution in [0.1, 0.15) is 31.2 Å². The lowest BCUT2D eigenvalue weighted by Crippen LogP contribution is -2.33. The summed E-state index contributed by atoms with van der Waals surface area (Å²) in [6.07, 6.45) is 2.73. The van der Waals surface area contributed by atoms with Crippen LogP contribution in [0.3, 0.4) is 0 Å². The molecule has 76 valence electrons. The Labute approximate surface area is 84.1 Å². The quantitative estimate of drug-likeness (QED) is 0.729. The van der Waals surface area contributed by atoms with E-state index in [1.807, 2.05) is 30.3 Å². The normalized spacial score (nSPS) is 32.9. The van der Waals surface area contributed by atoms with E-state index in [0.717, 1.165) is 18.4 Å². The van der Waals surface area contributed by atoms with E-state index >= 15 is 0 Å². The van der Waals surface area contributed by atoms with Crippen molar-refractivity contribution in [3.05, 3.63) is 35.9 Å². The average Bonchev–Trinajstić information content (AvgIpc) is 2.24. The molecule has 2 heteroatoms. The van der Waals surface area contributed by atoms with E-state index in [9.17, 15) is 4.39 Å². The first-order chi connectivity index (χ1) is 6.71. The van der Waals surface area contributed by atoms with Gasteiger partial charge in [0.25, 0.3) is 0 Å². The SMILES string of the molecule is NC1CCC(F)(c2ccccc2)CC1. The summed E-state index contributed by atoms with van der Waals surface area (Å²) < 4.78 is 14.4. The van der Waals surface area contributed by atoms with Crippen LogP contribution in [0, 0.1) is 0 Å². The van der Waals surface area contributed by atoms with Crippen molar-refractivity contribution in [2.75, 3.05) is 0 Å². The third kappa shape index (κ3) is 1.80. The van der Waals surface area contributed by atoms with E-state index in [0.29, 0.717) is 12.8 Å². The molecule has 0 saturated heterocycles. The zero-order valence-electron chi connectivity index (χ0n) is 8.25. The van der Waals surface area contributed by atoms with Crippen molar-refractivity contribution in [1.82, 2.24) is 0 Å². The minimum Gasteiger partial charge on any atom is -0.328 e. The molecule has 0 unspecified atom stereocenters. The van der Waals surface area contributed by atoms with Gasteiger partial charge in [-0.3, -0.25) is 0 Å². The minimum absolute atomic E-state index is 0.197. The number of hydrogen-bond acceptors (Lipinski definition) is 1. The van der Waals surface area contributed by atoms with E-state index in [1.165, 1.54) is 0 Å². The highest BCUT2D eigenvalue weighted by Crippen LogP contribution is 2.40. The van der Waals surface area contributed by atoms with Gasteiger partial charge in [-0.25, -0.2) is 4.39 Å². The molecule has 1 aromatic carbocycles. The molecule has 0 aromatic heterocycles. The largest absolute Gasteiger partial charge is 0.328 e. The first-order valence-electron chi connectivity index (χ1n) is 5.21. The first kappa shape index (κ1) is 9.66. The predicted molar refractivity (Wildman–Crippen MR) is 55.7 cm³/mol. The second-order valence-electron chi connectivity index (χ2n) is 4.17. The summed E-state index contributed by atoms with van der Waals surface area (Å²) in [7, 11) is 0. The van der Waals surface area contributed by atoms with Crippen LogP contribution in [-0.2, 0) is 5.67 Å². The molecule has 0 amide bonds. The summed E-state index contributed by atoms with van der Waals surface area (Å²) in [6.45, 7) is 0. The molecule has 0 spiro atoms. The number of hydrogen-bond donors (Lipinski definition) is 1. The topological polar surface area (TPSA) is 26.0 Å². The summed E-state index contributed by atoms with van der Waals surface area (Å²) in [5, 5.41) is 0. The Morgan fingerprint density at radius 3 is 2.29 bits per heavy atom. The summed E-state index contributed by atoms with van der Waals surface area (Å²) >= 11 is 0.